The molecule has 0 fully saturated rings. The Labute approximate surface area is 250 Å². The summed E-state index contributed by atoms with van der Waals surface area (Å²) in [6.45, 7) is 22.6. The number of H-pyrrole nitrogens is 1. The molecule has 0 aliphatic rings. The number of nitrogens with zero attached hydrogens (tertiary/aromatic N) is 3. The highest BCUT2D eigenvalue weighted by molar-refractivity contribution is 14.1. The summed E-state index contributed by atoms with van der Waals surface area (Å²) in [6, 6.07) is 12.4. The Balaban J connectivity index is 0.000000206. The predicted octanol–water partition coefficient (Wildman–Crippen LogP) is 9.11. The molecule has 0 spiro atoms. The topological polar surface area (TPSA) is 65.0 Å². The summed E-state index contributed by atoms with van der Waals surface area (Å²) < 4.78 is 16.6. The monoisotopic (exact) mass is 762 g/mol. The quantitative estimate of drug-likeness (QED) is 0.167. The van der Waals surface area contributed by atoms with E-state index in [9.17, 15) is 0 Å². The van der Waals surface area contributed by atoms with E-state index in [-0.39, 0.29) is 10.1 Å². The van der Waals surface area contributed by atoms with Gasteiger partial charge in [0.15, 0.2) is 0 Å². The maximum atomic E-state index is 6.34. The second kappa shape index (κ2) is 10.8. The second-order valence-electron chi connectivity index (χ2n) is 12.5. The summed E-state index contributed by atoms with van der Waals surface area (Å²) >= 11 is 4.53. The zero-order valence-corrected chi connectivity index (χ0v) is 30.2. The van der Waals surface area contributed by atoms with Crippen molar-refractivity contribution in [2.45, 2.75) is 77.8 Å². The standard InChI is InChI=1S/C14H21IN2OSi.C13H19IN2OSi/c1-14(2,3)19(5,6)18-10-7-8-12-11(9-10)13(15)16-17(12)4;1-13(2,3)18(4,5)17-9-6-7-11-10(8-9)12(14)16-15-11/h7-9H,1-6H3;6-8H,1-5H3,(H,15,16). The number of fused-ring (bicyclic) bond motifs is 2. The molecule has 0 atom stereocenters. The molecular weight excluding hydrogens is 722 g/mol. The van der Waals surface area contributed by atoms with Crippen molar-refractivity contribution < 1.29 is 8.85 Å². The van der Waals surface area contributed by atoms with Crippen LogP contribution < -0.4 is 8.85 Å². The van der Waals surface area contributed by atoms with Gasteiger partial charge in [-0.25, -0.2) is 0 Å². The van der Waals surface area contributed by atoms with Crippen LogP contribution in [-0.2, 0) is 7.05 Å². The van der Waals surface area contributed by atoms with E-state index in [0.29, 0.717) is 0 Å². The third kappa shape index (κ3) is 6.91. The minimum absolute atomic E-state index is 0.212. The van der Waals surface area contributed by atoms with Gasteiger partial charge in [0.2, 0.25) is 16.6 Å². The van der Waals surface area contributed by atoms with Crippen LogP contribution in [0.5, 0.6) is 11.5 Å². The Morgan fingerprint density at radius 2 is 1.27 bits per heavy atom. The SMILES string of the molecule is CC(C)(C)[Si](C)(C)Oc1ccc2n[nH]c(I)c2c1.Cn1nc(I)c2cc(O[Si](C)(C)C(C)(C)C)ccc21. The van der Waals surface area contributed by atoms with Crippen molar-refractivity contribution in [1.82, 2.24) is 20.0 Å². The van der Waals surface area contributed by atoms with Crippen molar-refractivity contribution in [3.8, 4) is 11.5 Å². The summed E-state index contributed by atoms with van der Waals surface area (Å²) in [6.07, 6.45) is 0. The molecule has 0 aliphatic heterocycles. The molecule has 2 heterocycles. The highest BCUT2D eigenvalue weighted by atomic mass is 127. The number of aromatic amines is 1. The van der Waals surface area contributed by atoms with Crippen LogP contribution in [0.1, 0.15) is 41.5 Å². The molecule has 2 aromatic carbocycles. The fourth-order valence-electron chi connectivity index (χ4n) is 3.18. The van der Waals surface area contributed by atoms with Gasteiger partial charge in [0.1, 0.15) is 18.9 Å². The Morgan fingerprint density at radius 1 is 0.784 bits per heavy atom. The maximum Gasteiger partial charge on any atom is 0.250 e. The molecule has 0 unspecified atom stereocenters. The molecule has 0 amide bonds. The molecule has 10 heteroatoms. The van der Waals surface area contributed by atoms with E-state index in [1.54, 1.807) is 0 Å². The fraction of sp³-hybridized carbons (Fsp3) is 0.481. The molecule has 0 bridgehead atoms. The molecule has 0 saturated heterocycles. The molecule has 6 nitrogen and oxygen atoms in total. The lowest BCUT2D eigenvalue weighted by molar-refractivity contribution is 0.492. The van der Waals surface area contributed by atoms with Gasteiger partial charge in [0, 0.05) is 17.8 Å². The average molecular weight is 763 g/mol. The number of aromatic nitrogens is 4. The van der Waals surface area contributed by atoms with E-state index < -0.39 is 16.6 Å². The first-order valence-electron chi connectivity index (χ1n) is 12.5. The lowest BCUT2D eigenvalue weighted by Crippen LogP contribution is -2.43. The first kappa shape index (κ1) is 30.4. The molecule has 1 N–H and O–H groups in total. The number of hydrogen-bond donors (Lipinski definition) is 1. The largest absolute Gasteiger partial charge is 0.543 e. The number of halogens is 2. The number of rotatable bonds is 4. The summed E-state index contributed by atoms with van der Waals surface area (Å²) in [4.78, 5) is 0. The summed E-state index contributed by atoms with van der Waals surface area (Å²) in [5.41, 5.74) is 2.13. The maximum absolute atomic E-state index is 6.34. The molecule has 37 heavy (non-hydrogen) atoms. The molecule has 0 aliphatic carbocycles. The molecule has 4 rings (SSSR count). The normalized spacial score (nSPS) is 13.0. The van der Waals surface area contributed by atoms with Gasteiger partial charge in [0.25, 0.3) is 0 Å². The van der Waals surface area contributed by atoms with Crippen molar-refractivity contribution in [2.24, 2.45) is 7.05 Å². The van der Waals surface area contributed by atoms with Crippen LogP contribution in [0.3, 0.4) is 0 Å². The van der Waals surface area contributed by atoms with E-state index in [4.69, 9.17) is 8.85 Å². The third-order valence-corrected chi connectivity index (χ3v) is 18.0. The number of nitrogens with one attached hydrogen (secondary N) is 1. The molecule has 0 saturated carbocycles. The second-order valence-corrected chi connectivity index (χ2v) is 24.1. The first-order chi connectivity index (χ1) is 16.8. The van der Waals surface area contributed by atoms with Crippen molar-refractivity contribution in [2.75, 3.05) is 0 Å². The van der Waals surface area contributed by atoms with Crippen molar-refractivity contribution in [3.63, 3.8) is 0 Å². The number of hydrogen-bond acceptors (Lipinski definition) is 4. The lowest BCUT2D eigenvalue weighted by atomic mass is 10.2. The minimum atomic E-state index is -1.77. The zero-order valence-electron chi connectivity index (χ0n) is 23.9. The van der Waals surface area contributed by atoms with Gasteiger partial charge >= 0.3 is 0 Å². The van der Waals surface area contributed by atoms with Crippen LogP contribution in [0.4, 0.5) is 0 Å². The van der Waals surface area contributed by atoms with E-state index >= 15 is 0 Å². The molecular formula is C27H40I2N4O2Si2. The van der Waals surface area contributed by atoms with Gasteiger partial charge in [-0.15, -0.1) is 0 Å². The molecule has 202 valence electrons. The highest BCUT2D eigenvalue weighted by Crippen LogP contribution is 2.39. The van der Waals surface area contributed by atoms with E-state index in [0.717, 1.165) is 35.3 Å². The Morgan fingerprint density at radius 3 is 1.78 bits per heavy atom. The average Bonchev–Trinajstić information content (AvgIpc) is 3.25. The van der Waals surface area contributed by atoms with Crippen molar-refractivity contribution >= 4 is 83.6 Å². The van der Waals surface area contributed by atoms with Crippen LogP contribution in [0.25, 0.3) is 21.8 Å². The summed E-state index contributed by atoms with van der Waals surface area (Å²) in [5.74, 6) is 1.92. The van der Waals surface area contributed by atoms with Gasteiger partial charge < -0.3 is 8.85 Å². The third-order valence-electron chi connectivity index (χ3n) is 7.61. The van der Waals surface area contributed by atoms with Gasteiger partial charge in [-0.1, -0.05) is 41.5 Å². The van der Waals surface area contributed by atoms with Gasteiger partial charge in [-0.3, -0.25) is 9.78 Å². The minimum Gasteiger partial charge on any atom is -0.543 e. The van der Waals surface area contributed by atoms with Crippen molar-refractivity contribution in [3.05, 3.63) is 43.8 Å². The van der Waals surface area contributed by atoms with E-state index in [1.165, 1.54) is 5.39 Å². The first-order valence-corrected chi connectivity index (χ1v) is 20.4. The van der Waals surface area contributed by atoms with Crippen molar-refractivity contribution in [1.29, 1.82) is 0 Å². The van der Waals surface area contributed by atoms with Crippen LogP contribution in [0, 0.1) is 7.40 Å². The van der Waals surface area contributed by atoms with Crippen LogP contribution >= 0.6 is 45.2 Å². The molecule has 0 radical (unpaired) electrons. The predicted molar refractivity (Wildman–Crippen MR) is 178 cm³/mol. The molecule has 2 aromatic heterocycles. The Kier molecular flexibility index (Phi) is 8.88. The Bertz CT molecular complexity index is 1400. The number of aryl methyl sites for hydroxylation is 1. The fourth-order valence-corrected chi connectivity index (χ4v) is 6.54. The van der Waals surface area contributed by atoms with Gasteiger partial charge in [-0.05, 0) is 118 Å². The van der Waals surface area contributed by atoms with Gasteiger partial charge in [-0.2, -0.15) is 10.2 Å². The summed E-state index contributed by atoms with van der Waals surface area (Å²) in [5, 5.41) is 14.4. The van der Waals surface area contributed by atoms with Crippen LogP contribution in [-0.4, -0.2) is 36.6 Å². The van der Waals surface area contributed by atoms with Gasteiger partial charge in [0.05, 0.1) is 11.0 Å². The molecule has 4 aromatic rings. The number of benzene rings is 2. The smallest absolute Gasteiger partial charge is 0.250 e. The highest BCUT2D eigenvalue weighted by Gasteiger charge is 2.39. The van der Waals surface area contributed by atoms with Crippen LogP contribution in [0.15, 0.2) is 36.4 Å². The van der Waals surface area contributed by atoms with Crippen LogP contribution in [0.2, 0.25) is 36.3 Å². The lowest BCUT2D eigenvalue weighted by Gasteiger charge is -2.36. The van der Waals surface area contributed by atoms with E-state index in [2.05, 4.69) is 152 Å². The zero-order chi connectivity index (χ0) is 28.0. The van der Waals surface area contributed by atoms with E-state index in [1.807, 2.05) is 23.9 Å². The Hall–Kier alpha value is -1.13. The summed E-state index contributed by atoms with van der Waals surface area (Å²) in [7, 11) is -1.57.